The van der Waals surface area contributed by atoms with Crippen LogP contribution in [0.1, 0.15) is 26.3 Å². The molecule has 2 aromatic heterocycles. The van der Waals surface area contributed by atoms with Gasteiger partial charge in [-0.1, -0.05) is 209 Å². The molecular formula is C78H54BN3O. The Bertz CT molecular complexity index is 5010. The molecule has 4 heterocycles. The predicted octanol–water partition coefficient (Wildman–Crippen LogP) is 18.9. The Hall–Kier alpha value is -10.4. The number of hydrogen-bond acceptors (Lipinski definition) is 2. The van der Waals surface area contributed by atoms with Crippen molar-refractivity contribution < 1.29 is 4.74 Å². The Labute approximate surface area is 482 Å². The summed E-state index contributed by atoms with van der Waals surface area (Å²) in [5, 5.41) is 9.74. The molecule has 0 saturated heterocycles. The van der Waals surface area contributed by atoms with E-state index in [-0.39, 0.29) is 12.1 Å². The Morgan fingerprint density at radius 2 is 0.831 bits per heavy atom. The van der Waals surface area contributed by atoms with Crippen LogP contribution < -0.4 is 26.0 Å². The molecule has 15 aromatic rings. The molecule has 0 fully saturated rings. The van der Waals surface area contributed by atoms with Crippen molar-refractivity contribution in [1.82, 2.24) is 9.13 Å². The molecule has 2 aliphatic heterocycles. The second-order valence-corrected chi connectivity index (χ2v) is 23.6. The Balaban J connectivity index is 1.01. The van der Waals surface area contributed by atoms with Gasteiger partial charge in [-0.05, 0) is 150 Å². The minimum Gasteiger partial charge on any atom is -0.458 e. The zero-order valence-electron chi connectivity index (χ0n) is 46.3. The van der Waals surface area contributed by atoms with Crippen molar-refractivity contribution in [2.75, 3.05) is 4.90 Å². The minimum absolute atomic E-state index is 0.159. The molecule has 0 unspecified atom stereocenters. The SMILES string of the molecule is CC(C)(C)c1cc(-c2ccccc2)c(N2c3cc(-n4c5ccccc5c5ccccc54)ccc3B3c4ccc(-n5c6ccccc6c6ccccc65)cc4Oc4cc(-c5cccc6cc7ccccc7cc56)cc2c43)c(-c2ccccc2)c1. The number of benzene rings is 13. The van der Waals surface area contributed by atoms with Gasteiger partial charge in [0.2, 0.25) is 0 Å². The molecule has 0 N–H and O–H groups in total. The van der Waals surface area contributed by atoms with Gasteiger partial charge in [0.05, 0.1) is 27.8 Å². The average Bonchev–Trinajstić information content (AvgIpc) is 3.67. The van der Waals surface area contributed by atoms with E-state index in [0.717, 1.165) is 95.3 Å². The number of aromatic nitrogens is 2. The number of para-hydroxylation sites is 4. The van der Waals surface area contributed by atoms with Crippen LogP contribution in [0.15, 0.2) is 273 Å². The Kier molecular flexibility index (Phi) is 10.3. The first-order valence-corrected chi connectivity index (χ1v) is 28.9. The number of anilines is 3. The highest BCUT2D eigenvalue weighted by Gasteiger charge is 2.44. The topological polar surface area (TPSA) is 22.3 Å². The van der Waals surface area contributed by atoms with Gasteiger partial charge in [-0.15, -0.1) is 0 Å². The van der Waals surface area contributed by atoms with E-state index < -0.39 is 0 Å². The first-order chi connectivity index (χ1) is 40.8. The van der Waals surface area contributed by atoms with E-state index in [9.17, 15) is 0 Å². The van der Waals surface area contributed by atoms with E-state index in [0.29, 0.717) is 0 Å². The van der Waals surface area contributed by atoms with E-state index in [4.69, 9.17) is 4.74 Å². The molecule has 0 spiro atoms. The van der Waals surface area contributed by atoms with Crippen LogP contribution in [0.3, 0.4) is 0 Å². The fraction of sp³-hybridized carbons (Fsp3) is 0.0513. The summed E-state index contributed by atoms with van der Waals surface area (Å²) < 4.78 is 12.5. The third-order valence-electron chi connectivity index (χ3n) is 17.8. The zero-order chi connectivity index (χ0) is 55.1. The van der Waals surface area contributed by atoms with Crippen molar-refractivity contribution in [1.29, 1.82) is 0 Å². The molecule has 5 heteroatoms. The highest BCUT2D eigenvalue weighted by atomic mass is 16.5. The molecule has 4 nitrogen and oxygen atoms in total. The second kappa shape index (κ2) is 18.1. The molecular weight excluding hydrogens is 1010 g/mol. The number of ether oxygens (including phenoxy) is 1. The van der Waals surface area contributed by atoms with E-state index in [1.54, 1.807) is 0 Å². The van der Waals surface area contributed by atoms with E-state index in [1.807, 2.05) is 0 Å². The summed E-state index contributed by atoms with van der Waals surface area (Å²) in [4.78, 5) is 2.63. The zero-order valence-corrected chi connectivity index (χ0v) is 46.3. The van der Waals surface area contributed by atoms with Crippen molar-refractivity contribution in [3.63, 3.8) is 0 Å². The lowest BCUT2D eigenvalue weighted by Crippen LogP contribution is -2.59. The van der Waals surface area contributed by atoms with Gasteiger partial charge in [-0.2, -0.15) is 0 Å². The normalized spacial score (nSPS) is 12.8. The largest absolute Gasteiger partial charge is 0.458 e. The molecule has 0 atom stereocenters. The number of fused-ring (bicyclic) bond motifs is 12. The van der Waals surface area contributed by atoms with Crippen LogP contribution in [0.5, 0.6) is 11.5 Å². The Morgan fingerprint density at radius 1 is 0.337 bits per heavy atom. The highest BCUT2D eigenvalue weighted by Crippen LogP contribution is 2.52. The second-order valence-electron chi connectivity index (χ2n) is 23.6. The summed E-state index contributed by atoms with van der Waals surface area (Å²) in [5.74, 6) is 1.70. The monoisotopic (exact) mass is 1060 g/mol. The van der Waals surface area contributed by atoms with Gasteiger partial charge >= 0.3 is 0 Å². The molecule has 0 bridgehead atoms. The van der Waals surface area contributed by atoms with Crippen molar-refractivity contribution in [3.05, 3.63) is 279 Å². The van der Waals surface area contributed by atoms with Crippen LogP contribution in [0.4, 0.5) is 17.1 Å². The maximum Gasteiger partial charge on any atom is 0.256 e. The first-order valence-electron chi connectivity index (χ1n) is 28.9. The maximum atomic E-state index is 7.66. The van der Waals surface area contributed by atoms with Crippen molar-refractivity contribution in [2.45, 2.75) is 26.2 Å². The van der Waals surface area contributed by atoms with Gasteiger partial charge in [0.15, 0.2) is 0 Å². The average molecular weight is 1060 g/mol. The molecule has 13 aromatic carbocycles. The lowest BCUT2D eigenvalue weighted by molar-refractivity contribution is 0.487. The predicted molar refractivity (Wildman–Crippen MR) is 351 cm³/mol. The van der Waals surface area contributed by atoms with Crippen LogP contribution in [-0.4, -0.2) is 15.8 Å². The summed E-state index contributed by atoms with van der Waals surface area (Å²) in [6, 6.07) is 101. The van der Waals surface area contributed by atoms with Crippen molar-refractivity contribution in [2.24, 2.45) is 0 Å². The van der Waals surface area contributed by atoms with Gasteiger partial charge in [0.25, 0.3) is 6.71 Å². The third kappa shape index (κ3) is 7.27. The van der Waals surface area contributed by atoms with E-state index >= 15 is 0 Å². The highest BCUT2D eigenvalue weighted by molar-refractivity contribution is 6.99. The molecule has 17 rings (SSSR count). The van der Waals surface area contributed by atoms with Crippen LogP contribution in [0.25, 0.3) is 110 Å². The lowest BCUT2D eigenvalue weighted by Gasteiger charge is -2.42. The maximum absolute atomic E-state index is 7.66. The van der Waals surface area contributed by atoms with Gasteiger partial charge in [-0.3, -0.25) is 0 Å². The molecule has 0 radical (unpaired) electrons. The van der Waals surface area contributed by atoms with Crippen molar-refractivity contribution >= 4 is 105 Å². The Morgan fingerprint density at radius 3 is 1.40 bits per heavy atom. The van der Waals surface area contributed by atoms with E-state index in [2.05, 4.69) is 308 Å². The van der Waals surface area contributed by atoms with Crippen molar-refractivity contribution in [3.8, 4) is 56.3 Å². The van der Waals surface area contributed by atoms with Crippen LogP contribution in [0, 0.1) is 0 Å². The van der Waals surface area contributed by atoms with Crippen LogP contribution in [0.2, 0.25) is 0 Å². The third-order valence-corrected chi connectivity index (χ3v) is 17.8. The molecule has 0 aliphatic carbocycles. The number of nitrogens with zero attached hydrogens (tertiary/aromatic N) is 3. The molecule has 0 saturated carbocycles. The quantitative estimate of drug-likeness (QED) is 0.122. The molecule has 83 heavy (non-hydrogen) atoms. The first kappa shape index (κ1) is 47.5. The number of rotatable bonds is 6. The van der Waals surface area contributed by atoms with Crippen LogP contribution in [-0.2, 0) is 5.41 Å². The van der Waals surface area contributed by atoms with Crippen LogP contribution >= 0.6 is 0 Å². The standard InChI is InChI=1S/C78H54BN3O/c1-78(2,3)55-45-64(49-21-6-4-7-22-49)77(65(46-55)50-23-8-5-9-24-50)82-72-47-56(80-68-33-16-12-28-59(68)60-29-13-17-34-69(60)80)37-39-66(72)79-67-40-38-57(81-70-35-18-14-30-61(70)62-31-15-19-36-71(62)81)48-74(67)83-75-44-54(43-73(82)76(75)79)58-32-20-27-53-41-51-25-10-11-26-52(51)42-63(53)58/h4-48H,1-3H3. The summed E-state index contributed by atoms with van der Waals surface area (Å²) >= 11 is 0. The van der Waals surface area contributed by atoms with Gasteiger partial charge < -0.3 is 18.8 Å². The summed E-state index contributed by atoms with van der Waals surface area (Å²) in [6.07, 6.45) is 0. The lowest BCUT2D eigenvalue weighted by atomic mass is 9.34. The fourth-order valence-electron chi connectivity index (χ4n) is 14.0. The van der Waals surface area contributed by atoms with Gasteiger partial charge in [0.1, 0.15) is 11.5 Å². The number of hydrogen-bond donors (Lipinski definition) is 0. The summed E-state index contributed by atoms with van der Waals surface area (Å²) in [5.41, 5.74) is 21.6. The molecule has 0 amide bonds. The van der Waals surface area contributed by atoms with Gasteiger partial charge in [-0.25, -0.2) is 0 Å². The van der Waals surface area contributed by atoms with E-state index in [1.165, 1.54) is 65.1 Å². The summed E-state index contributed by atoms with van der Waals surface area (Å²) in [6.45, 7) is 6.81. The fourth-order valence-corrected chi connectivity index (χ4v) is 14.0. The van der Waals surface area contributed by atoms with Gasteiger partial charge in [0, 0.05) is 61.5 Å². The smallest absolute Gasteiger partial charge is 0.256 e. The minimum atomic E-state index is -0.186. The summed E-state index contributed by atoms with van der Waals surface area (Å²) in [7, 11) is 0. The molecule has 390 valence electrons. The molecule has 2 aliphatic rings.